The molecule has 8 rings (SSSR count). The van der Waals surface area contributed by atoms with E-state index in [-0.39, 0.29) is 41.3 Å². The molecular formula is C41H55N5O5S. The molecule has 1 unspecified atom stereocenters. The summed E-state index contributed by atoms with van der Waals surface area (Å²) in [6, 6.07) is 10.6. The zero-order chi connectivity index (χ0) is 36.3. The number of nitrogens with one attached hydrogen (secondary N) is 1. The first kappa shape index (κ1) is 36.6. The van der Waals surface area contributed by atoms with Gasteiger partial charge in [0, 0.05) is 58.8 Å². The zero-order valence-electron chi connectivity index (χ0n) is 31.1. The van der Waals surface area contributed by atoms with E-state index in [1.807, 2.05) is 36.3 Å². The monoisotopic (exact) mass is 729 g/mol. The number of methoxy groups -OCH3 is 1. The second-order valence-electron chi connectivity index (χ2n) is 16.0. The van der Waals surface area contributed by atoms with Crippen LogP contribution in [0.2, 0.25) is 0 Å². The molecule has 3 heterocycles. The Morgan fingerprint density at radius 3 is 2.42 bits per heavy atom. The van der Waals surface area contributed by atoms with E-state index in [1.54, 1.807) is 7.11 Å². The number of ether oxygens (including phenoxy) is 2. The molecule has 1 N–H and O–H groups in total. The highest BCUT2D eigenvalue weighted by molar-refractivity contribution is 7.85. The van der Waals surface area contributed by atoms with E-state index in [4.69, 9.17) is 14.5 Å². The maximum absolute atomic E-state index is 14.4. The number of fused-ring (bicyclic) bond motifs is 3. The first-order chi connectivity index (χ1) is 25.2. The number of amides is 2. The summed E-state index contributed by atoms with van der Waals surface area (Å²) in [6.45, 7) is 4.99. The Labute approximate surface area is 310 Å². The van der Waals surface area contributed by atoms with Gasteiger partial charge in [0.1, 0.15) is 18.2 Å². The van der Waals surface area contributed by atoms with Crippen LogP contribution in [0.1, 0.15) is 108 Å². The molecule has 1 atom stereocenters. The van der Waals surface area contributed by atoms with Crippen LogP contribution in [0.3, 0.4) is 0 Å². The largest absolute Gasteiger partial charge is 0.496 e. The molecule has 280 valence electrons. The summed E-state index contributed by atoms with van der Waals surface area (Å²) in [5, 5.41) is 7.52. The van der Waals surface area contributed by atoms with Crippen molar-refractivity contribution in [1.82, 2.24) is 20.1 Å². The molecule has 4 saturated carbocycles. The van der Waals surface area contributed by atoms with Crippen molar-refractivity contribution >= 4 is 28.6 Å². The van der Waals surface area contributed by atoms with Gasteiger partial charge in [0.2, 0.25) is 5.91 Å². The van der Waals surface area contributed by atoms with E-state index in [2.05, 4.69) is 46.5 Å². The molecule has 10 nitrogen and oxygen atoms in total. The second-order valence-corrected chi connectivity index (χ2v) is 17.7. The lowest BCUT2D eigenvalue weighted by molar-refractivity contribution is -0.124. The van der Waals surface area contributed by atoms with Crippen molar-refractivity contribution in [2.24, 2.45) is 11.3 Å². The molecule has 2 bridgehead atoms. The van der Waals surface area contributed by atoms with Gasteiger partial charge >= 0.3 is 6.09 Å². The fourth-order valence-corrected chi connectivity index (χ4v) is 10.5. The number of hydrogen-bond acceptors (Lipinski definition) is 7. The number of benzene rings is 1. The minimum atomic E-state index is -0.776. The van der Waals surface area contributed by atoms with Crippen molar-refractivity contribution < 1.29 is 23.3 Å². The fraction of sp³-hybridized carbons (Fsp3) is 0.610. The van der Waals surface area contributed by atoms with E-state index in [0.717, 1.165) is 86.9 Å². The highest BCUT2D eigenvalue weighted by atomic mass is 32.2. The third-order valence-electron chi connectivity index (χ3n) is 12.7. The van der Waals surface area contributed by atoms with Crippen molar-refractivity contribution in [1.29, 1.82) is 0 Å². The topological polar surface area (TPSA) is 116 Å². The molecule has 1 saturated heterocycles. The minimum Gasteiger partial charge on any atom is -0.496 e. The smallest absolute Gasteiger partial charge is 0.407 e. The van der Waals surface area contributed by atoms with Crippen LogP contribution in [0.5, 0.6) is 5.75 Å². The molecule has 2 amide bonds. The summed E-state index contributed by atoms with van der Waals surface area (Å²) >= 11 is 0. The molecule has 1 aliphatic heterocycles. The lowest BCUT2D eigenvalue weighted by Gasteiger charge is -2.55. The summed E-state index contributed by atoms with van der Waals surface area (Å²) in [7, 11) is 0.961. The fourth-order valence-electron chi connectivity index (χ4n) is 9.21. The molecule has 52 heavy (non-hydrogen) atoms. The van der Waals surface area contributed by atoms with Crippen LogP contribution in [-0.4, -0.2) is 68.8 Å². The summed E-state index contributed by atoms with van der Waals surface area (Å²) in [5.41, 5.74) is 4.81. The average Bonchev–Trinajstić information content (AvgIpc) is 3.69. The van der Waals surface area contributed by atoms with Gasteiger partial charge in [-0.25, -0.2) is 9.78 Å². The summed E-state index contributed by atoms with van der Waals surface area (Å²) in [4.78, 5) is 33.8. The molecule has 0 radical (unpaired) electrons. The molecule has 1 aromatic carbocycles. The molecule has 4 aliphatic carbocycles. The van der Waals surface area contributed by atoms with E-state index in [1.165, 1.54) is 17.5 Å². The van der Waals surface area contributed by atoms with Crippen molar-refractivity contribution in [3.8, 4) is 16.9 Å². The minimum absolute atomic E-state index is 0.00956. The van der Waals surface area contributed by atoms with Gasteiger partial charge in [-0.3, -0.25) is 18.6 Å². The lowest BCUT2D eigenvalue weighted by Crippen LogP contribution is -2.51. The second kappa shape index (κ2) is 15.7. The van der Waals surface area contributed by atoms with Gasteiger partial charge in [0.05, 0.1) is 19.3 Å². The number of pyridine rings is 1. The number of aromatic nitrogens is 3. The van der Waals surface area contributed by atoms with E-state index >= 15 is 0 Å². The standard InChI is InChI=1S/C41H55N5O5S/c1-29-23-34(9-10-36(29)50-3)41-17-14-40(15-18-41,16-19-41)28-45(38(47)31-7-5-4-6-8-31)37-24-32(11-20-42-37)33-25-43-46(26-33)30(2)27-51-39(48)44-35-12-21-52(49)22-13-35/h9-11,20,23-26,30-31,35H,4-8,12-19,21-22,27-28H2,1-3H3,(H,44,48). The third kappa shape index (κ3) is 7.94. The zero-order valence-corrected chi connectivity index (χ0v) is 31.9. The lowest BCUT2D eigenvalue weighted by atomic mass is 9.51. The molecule has 5 aliphatic rings. The number of anilines is 1. The van der Waals surface area contributed by atoms with Crippen LogP contribution in [-0.2, 0) is 25.7 Å². The van der Waals surface area contributed by atoms with Gasteiger partial charge in [0.25, 0.3) is 0 Å². The van der Waals surface area contributed by atoms with E-state index in [9.17, 15) is 13.8 Å². The Balaban J connectivity index is 1.04. The number of rotatable bonds is 11. The third-order valence-corrected chi connectivity index (χ3v) is 14.1. The Bertz CT molecular complexity index is 1730. The average molecular weight is 730 g/mol. The summed E-state index contributed by atoms with van der Waals surface area (Å²) in [5.74, 6) is 3.18. The van der Waals surface area contributed by atoms with Crippen molar-refractivity contribution in [3.05, 3.63) is 60.0 Å². The highest BCUT2D eigenvalue weighted by Crippen LogP contribution is 2.58. The Kier molecular flexibility index (Phi) is 11.1. The Morgan fingerprint density at radius 1 is 1.00 bits per heavy atom. The number of hydrogen-bond donors (Lipinski definition) is 1. The van der Waals surface area contributed by atoms with Gasteiger partial charge < -0.3 is 14.8 Å². The van der Waals surface area contributed by atoms with Gasteiger partial charge in [-0.1, -0.05) is 31.4 Å². The molecular weight excluding hydrogens is 675 g/mol. The predicted octanol–water partition coefficient (Wildman–Crippen LogP) is 7.67. The molecule has 3 aromatic rings. The van der Waals surface area contributed by atoms with Crippen LogP contribution >= 0.6 is 0 Å². The van der Waals surface area contributed by atoms with Crippen molar-refractivity contribution in [2.75, 3.05) is 36.7 Å². The number of alkyl carbamates (subject to hydrolysis) is 1. The maximum Gasteiger partial charge on any atom is 0.407 e. The molecule has 11 heteroatoms. The van der Waals surface area contributed by atoms with Gasteiger partial charge in [0.15, 0.2) is 0 Å². The quantitative estimate of drug-likeness (QED) is 0.216. The molecule has 5 fully saturated rings. The first-order valence-corrected chi connectivity index (χ1v) is 20.9. The van der Waals surface area contributed by atoms with Crippen LogP contribution in [0.4, 0.5) is 10.6 Å². The molecule has 0 spiro atoms. The summed E-state index contributed by atoms with van der Waals surface area (Å²) in [6.07, 6.45) is 18.7. The van der Waals surface area contributed by atoms with Crippen LogP contribution in [0.25, 0.3) is 11.1 Å². The predicted molar refractivity (Wildman–Crippen MR) is 204 cm³/mol. The number of aryl methyl sites for hydroxylation is 1. The SMILES string of the molecule is COc1ccc(C23CCC(CN(C(=O)C4CCCCC4)c4cc(-c5cnn(C(C)COC(=O)NC6CCS(=O)CC6)c5)ccn4)(CC2)CC3)cc1C. The van der Waals surface area contributed by atoms with E-state index < -0.39 is 16.9 Å². The van der Waals surface area contributed by atoms with Crippen molar-refractivity contribution in [2.45, 2.75) is 115 Å². The first-order valence-electron chi connectivity index (χ1n) is 19.4. The summed E-state index contributed by atoms with van der Waals surface area (Å²) < 4.78 is 24.5. The van der Waals surface area contributed by atoms with Gasteiger partial charge in [-0.15, -0.1) is 0 Å². The van der Waals surface area contributed by atoms with E-state index in [0.29, 0.717) is 30.9 Å². The van der Waals surface area contributed by atoms with Gasteiger partial charge in [-0.05, 0) is 124 Å². The Hall–Kier alpha value is -3.73. The normalized spacial score (nSPS) is 26.8. The highest BCUT2D eigenvalue weighted by Gasteiger charge is 2.50. The van der Waals surface area contributed by atoms with Crippen LogP contribution in [0.15, 0.2) is 48.9 Å². The van der Waals surface area contributed by atoms with Crippen molar-refractivity contribution in [3.63, 3.8) is 0 Å². The number of nitrogens with zero attached hydrogens (tertiary/aromatic N) is 4. The number of carbonyl (C=O) groups excluding carboxylic acids is 2. The Morgan fingerprint density at radius 2 is 1.73 bits per heavy atom. The molecule has 2 aromatic heterocycles. The van der Waals surface area contributed by atoms with Crippen LogP contribution in [0, 0.1) is 18.3 Å². The maximum atomic E-state index is 14.4. The van der Waals surface area contributed by atoms with Crippen LogP contribution < -0.4 is 15.0 Å². The van der Waals surface area contributed by atoms with Gasteiger partial charge in [-0.2, -0.15) is 5.10 Å². The number of carbonyl (C=O) groups is 2.